The molecule has 0 radical (unpaired) electrons. The number of nitrogens with one attached hydrogen (secondary N) is 1. The molecule has 2 fully saturated rings. The van der Waals surface area contributed by atoms with Crippen LogP contribution in [-0.4, -0.2) is 49.7 Å². The molecule has 1 aliphatic carbocycles. The van der Waals surface area contributed by atoms with Crippen LogP contribution in [0, 0.1) is 11.8 Å². The van der Waals surface area contributed by atoms with Gasteiger partial charge in [-0.25, -0.2) is 4.79 Å². The molecule has 1 heterocycles. The van der Waals surface area contributed by atoms with Crippen molar-refractivity contribution >= 4 is 12.0 Å². The number of carbonyl (C=O) groups excluding carboxylic acids is 2. The van der Waals surface area contributed by atoms with E-state index >= 15 is 0 Å². The monoisotopic (exact) mass is 283 g/mol. The quantitative estimate of drug-likeness (QED) is 0.799. The van der Waals surface area contributed by atoms with Crippen LogP contribution in [0.3, 0.4) is 0 Å². The Hall–Kier alpha value is -1.30. The van der Waals surface area contributed by atoms with Crippen LogP contribution in [0.25, 0.3) is 0 Å². The van der Waals surface area contributed by atoms with Crippen LogP contribution in [0.15, 0.2) is 0 Å². The van der Waals surface area contributed by atoms with Crippen LogP contribution in [0.1, 0.15) is 32.1 Å². The summed E-state index contributed by atoms with van der Waals surface area (Å²) in [5.41, 5.74) is 5.72. The lowest BCUT2D eigenvalue weighted by atomic mass is 9.81. The van der Waals surface area contributed by atoms with Crippen molar-refractivity contribution in [3.63, 3.8) is 0 Å². The number of rotatable bonds is 3. The molecule has 20 heavy (non-hydrogen) atoms. The second-order valence-corrected chi connectivity index (χ2v) is 5.87. The standard InChI is InChI=1S/C14H25N3O3/c1-20-14(19)16-12-5-6-17(9-12)13(18)11-4-2-3-10(7-11)8-15/h10-12H,2-9,15H2,1H3,(H,16,19). The van der Waals surface area contributed by atoms with Gasteiger partial charge in [0.15, 0.2) is 0 Å². The van der Waals surface area contributed by atoms with E-state index in [2.05, 4.69) is 10.1 Å². The minimum atomic E-state index is -0.426. The van der Waals surface area contributed by atoms with Crippen molar-refractivity contribution in [3.05, 3.63) is 0 Å². The van der Waals surface area contributed by atoms with Gasteiger partial charge in [-0.15, -0.1) is 0 Å². The largest absolute Gasteiger partial charge is 0.453 e. The Balaban J connectivity index is 1.83. The molecule has 0 spiro atoms. The number of alkyl carbamates (subject to hydrolysis) is 1. The third kappa shape index (κ3) is 3.62. The van der Waals surface area contributed by atoms with E-state index in [4.69, 9.17) is 5.73 Å². The molecule has 6 heteroatoms. The second kappa shape index (κ2) is 6.92. The zero-order chi connectivity index (χ0) is 14.5. The summed E-state index contributed by atoms with van der Waals surface area (Å²) in [6.45, 7) is 1.99. The number of methoxy groups -OCH3 is 1. The van der Waals surface area contributed by atoms with E-state index in [1.54, 1.807) is 0 Å². The second-order valence-electron chi connectivity index (χ2n) is 5.87. The zero-order valence-corrected chi connectivity index (χ0v) is 12.1. The minimum Gasteiger partial charge on any atom is -0.453 e. The molecule has 2 aliphatic rings. The van der Waals surface area contributed by atoms with Gasteiger partial charge < -0.3 is 20.7 Å². The lowest BCUT2D eigenvalue weighted by Crippen LogP contribution is -2.41. The Kier molecular flexibility index (Phi) is 5.23. The van der Waals surface area contributed by atoms with Gasteiger partial charge in [0.1, 0.15) is 0 Å². The fraction of sp³-hybridized carbons (Fsp3) is 0.857. The first-order chi connectivity index (χ1) is 9.63. The van der Waals surface area contributed by atoms with Crippen molar-refractivity contribution in [1.82, 2.24) is 10.2 Å². The average Bonchev–Trinajstić information content (AvgIpc) is 2.94. The SMILES string of the molecule is COC(=O)NC1CCN(C(=O)C2CCCC(CN)C2)C1. The molecule has 3 atom stereocenters. The minimum absolute atomic E-state index is 0.0142. The van der Waals surface area contributed by atoms with Crippen molar-refractivity contribution in [2.24, 2.45) is 17.6 Å². The van der Waals surface area contributed by atoms with Crippen molar-refractivity contribution in [3.8, 4) is 0 Å². The summed E-state index contributed by atoms with van der Waals surface area (Å²) in [6.07, 6.45) is 4.50. The Morgan fingerprint density at radius 1 is 1.35 bits per heavy atom. The van der Waals surface area contributed by atoms with Crippen LogP contribution in [-0.2, 0) is 9.53 Å². The molecule has 6 nitrogen and oxygen atoms in total. The number of nitrogens with two attached hydrogens (primary N) is 1. The van der Waals surface area contributed by atoms with Gasteiger partial charge in [0.2, 0.25) is 5.91 Å². The molecule has 3 N–H and O–H groups in total. The first-order valence-corrected chi connectivity index (χ1v) is 7.47. The number of hydrogen-bond donors (Lipinski definition) is 2. The smallest absolute Gasteiger partial charge is 0.407 e. The van der Waals surface area contributed by atoms with Gasteiger partial charge >= 0.3 is 6.09 Å². The number of hydrogen-bond acceptors (Lipinski definition) is 4. The number of ether oxygens (including phenoxy) is 1. The number of amides is 2. The zero-order valence-electron chi connectivity index (χ0n) is 12.1. The van der Waals surface area contributed by atoms with Gasteiger partial charge in [-0.3, -0.25) is 4.79 Å². The molecule has 0 bridgehead atoms. The molecule has 114 valence electrons. The number of likely N-dealkylation sites (tertiary alicyclic amines) is 1. The Morgan fingerprint density at radius 2 is 2.15 bits per heavy atom. The molecular weight excluding hydrogens is 258 g/mol. The van der Waals surface area contributed by atoms with Crippen molar-refractivity contribution in [2.75, 3.05) is 26.7 Å². The van der Waals surface area contributed by atoms with Gasteiger partial charge in [-0.2, -0.15) is 0 Å². The fourth-order valence-electron chi connectivity index (χ4n) is 3.29. The maximum Gasteiger partial charge on any atom is 0.407 e. The summed E-state index contributed by atoms with van der Waals surface area (Å²) in [5, 5.41) is 2.76. The Morgan fingerprint density at radius 3 is 2.85 bits per heavy atom. The van der Waals surface area contributed by atoms with E-state index in [0.29, 0.717) is 19.0 Å². The topological polar surface area (TPSA) is 84.7 Å². The third-order valence-electron chi connectivity index (χ3n) is 4.47. The molecule has 1 saturated heterocycles. The Labute approximate surface area is 120 Å². The molecule has 1 saturated carbocycles. The first-order valence-electron chi connectivity index (χ1n) is 7.47. The number of nitrogens with zero attached hydrogens (tertiary/aromatic N) is 1. The summed E-state index contributed by atoms with van der Waals surface area (Å²) in [6, 6.07) is 0.0142. The molecule has 0 aromatic carbocycles. The predicted octanol–water partition coefficient (Wildman–Crippen LogP) is 0.708. The summed E-state index contributed by atoms with van der Waals surface area (Å²) in [5.74, 6) is 0.843. The highest BCUT2D eigenvalue weighted by molar-refractivity contribution is 5.79. The molecule has 0 aromatic heterocycles. The third-order valence-corrected chi connectivity index (χ3v) is 4.47. The van der Waals surface area contributed by atoms with Gasteiger partial charge in [0, 0.05) is 19.0 Å². The van der Waals surface area contributed by atoms with Crippen LogP contribution in [0.5, 0.6) is 0 Å². The van der Waals surface area contributed by atoms with Crippen LogP contribution < -0.4 is 11.1 Å². The maximum absolute atomic E-state index is 12.5. The van der Waals surface area contributed by atoms with Gasteiger partial charge in [0.05, 0.1) is 13.2 Å². The average molecular weight is 283 g/mol. The maximum atomic E-state index is 12.5. The molecule has 1 aliphatic heterocycles. The van der Waals surface area contributed by atoms with Crippen molar-refractivity contribution < 1.29 is 14.3 Å². The van der Waals surface area contributed by atoms with Crippen LogP contribution >= 0.6 is 0 Å². The fourth-order valence-corrected chi connectivity index (χ4v) is 3.29. The number of carbonyl (C=O) groups is 2. The lowest BCUT2D eigenvalue weighted by Gasteiger charge is -2.30. The van der Waals surface area contributed by atoms with Crippen LogP contribution in [0.4, 0.5) is 4.79 Å². The van der Waals surface area contributed by atoms with E-state index in [1.165, 1.54) is 7.11 Å². The van der Waals surface area contributed by atoms with Crippen molar-refractivity contribution in [1.29, 1.82) is 0 Å². The molecule has 0 aromatic rings. The lowest BCUT2D eigenvalue weighted by molar-refractivity contribution is -0.136. The summed E-state index contributed by atoms with van der Waals surface area (Å²) < 4.78 is 4.59. The van der Waals surface area contributed by atoms with Gasteiger partial charge in [0.25, 0.3) is 0 Å². The molecule has 3 unspecified atom stereocenters. The van der Waals surface area contributed by atoms with Crippen LogP contribution in [0.2, 0.25) is 0 Å². The van der Waals surface area contributed by atoms with E-state index < -0.39 is 6.09 Å². The summed E-state index contributed by atoms with van der Waals surface area (Å²) in [7, 11) is 1.35. The first kappa shape index (κ1) is 15.1. The molecule has 2 rings (SSSR count). The van der Waals surface area contributed by atoms with E-state index in [0.717, 1.165) is 38.6 Å². The molecule has 2 amide bonds. The molecular formula is C14H25N3O3. The van der Waals surface area contributed by atoms with Gasteiger partial charge in [-0.1, -0.05) is 6.42 Å². The van der Waals surface area contributed by atoms with Crippen molar-refractivity contribution in [2.45, 2.75) is 38.1 Å². The highest BCUT2D eigenvalue weighted by atomic mass is 16.5. The van der Waals surface area contributed by atoms with Gasteiger partial charge in [-0.05, 0) is 38.1 Å². The van der Waals surface area contributed by atoms with E-state index in [9.17, 15) is 9.59 Å². The van der Waals surface area contributed by atoms with E-state index in [-0.39, 0.29) is 17.9 Å². The highest BCUT2D eigenvalue weighted by Crippen LogP contribution is 2.30. The summed E-state index contributed by atoms with van der Waals surface area (Å²) >= 11 is 0. The normalized spacial score (nSPS) is 30.1. The highest BCUT2D eigenvalue weighted by Gasteiger charge is 2.34. The van der Waals surface area contributed by atoms with E-state index in [1.807, 2.05) is 4.90 Å². The predicted molar refractivity (Wildman–Crippen MR) is 75.0 cm³/mol. The summed E-state index contributed by atoms with van der Waals surface area (Å²) in [4.78, 5) is 25.6. The Bertz CT molecular complexity index is 362.